The van der Waals surface area contributed by atoms with E-state index in [1.54, 1.807) is 0 Å². The maximum Gasteiger partial charge on any atom is 0.0794 e. The predicted molar refractivity (Wildman–Crippen MR) is 125 cm³/mol. The van der Waals surface area contributed by atoms with Crippen LogP contribution in [0.25, 0.3) is 54.5 Å². The van der Waals surface area contributed by atoms with Gasteiger partial charge in [0.05, 0.1) is 11.0 Å². The van der Waals surface area contributed by atoms with Gasteiger partial charge in [-0.1, -0.05) is 96.5 Å². The lowest BCUT2D eigenvalue weighted by atomic mass is 9.91. The van der Waals surface area contributed by atoms with Crippen LogP contribution >= 0.6 is 11.6 Å². The molecule has 0 fully saturated rings. The fourth-order valence-electron chi connectivity index (χ4n) is 4.39. The summed E-state index contributed by atoms with van der Waals surface area (Å²) >= 11 is 6.71. The van der Waals surface area contributed by atoms with Gasteiger partial charge in [0.15, 0.2) is 0 Å². The SMILES string of the molecule is Clc1ccccc1-c1c2ccc3ccccc3c2nc2ccc3ccccc3c12. The predicted octanol–water partition coefficient (Wildman–Crippen LogP) is 8.01. The van der Waals surface area contributed by atoms with E-state index in [0.717, 1.165) is 43.3 Å². The largest absolute Gasteiger partial charge is 0.247 e. The molecule has 0 aliphatic heterocycles. The maximum absolute atomic E-state index is 6.71. The summed E-state index contributed by atoms with van der Waals surface area (Å²) in [6.07, 6.45) is 0. The summed E-state index contributed by atoms with van der Waals surface area (Å²) in [6.45, 7) is 0. The van der Waals surface area contributed by atoms with Crippen LogP contribution in [0, 0.1) is 0 Å². The third kappa shape index (κ3) is 2.45. The van der Waals surface area contributed by atoms with Gasteiger partial charge in [-0.3, -0.25) is 0 Å². The van der Waals surface area contributed by atoms with Crippen LogP contribution in [-0.2, 0) is 0 Å². The van der Waals surface area contributed by atoms with Crippen molar-refractivity contribution in [3.8, 4) is 11.1 Å². The van der Waals surface area contributed by atoms with E-state index in [4.69, 9.17) is 16.6 Å². The number of rotatable bonds is 1. The number of pyridine rings is 1. The zero-order valence-corrected chi connectivity index (χ0v) is 16.3. The van der Waals surface area contributed by atoms with Crippen molar-refractivity contribution >= 4 is 55.0 Å². The summed E-state index contributed by atoms with van der Waals surface area (Å²) < 4.78 is 0. The lowest BCUT2D eigenvalue weighted by Gasteiger charge is -2.16. The van der Waals surface area contributed by atoms with Gasteiger partial charge in [0.1, 0.15) is 0 Å². The van der Waals surface area contributed by atoms with Crippen molar-refractivity contribution in [3.63, 3.8) is 0 Å². The highest BCUT2D eigenvalue weighted by Gasteiger charge is 2.17. The molecule has 0 radical (unpaired) electrons. The first-order valence-electron chi connectivity index (χ1n) is 9.69. The second-order valence-electron chi connectivity index (χ2n) is 7.33. The Morgan fingerprint density at radius 3 is 2.03 bits per heavy atom. The van der Waals surface area contributed by atoms with Gasteiger partial charge >= 0.3 is 0 Å². The Bertz CT molecular complexity index is 1570. The van der Waals surface area contributed by atoms with Crippen LogP contribution in [0.4, 0.5) is 0 Å². The van der Waals surface area contributed by atoms with Crippen LogP contribution in [0.1, 0.15) is 0 Å². The van der Waals surface area contributed by atoms with E-state index in [1.165, 1.54) is 16.2 Å². The number of nitrogens with zero attached hydrogens (tertiary/aromatic N) is 1. The Hall–Kier alpha value is -3.42. The molecular weight excluding hydrogens is 374 g/mol. The zero-order chi connectivity index (χ0) is 19.4. The van der Waals surface area contributed by atoms with Crippen LogP contribution in [0.3, 0.4) is 0 Å². The molecule has 0 aliphatic rings. The standard InChI is InChI=1S/C27H16ClN/c28-23-12-6-5-11-21(23)25-22-15-13-18-8-2-4-10-20(18)27(22)29-24-16-14-17-7-1-3-9-19(17)26(24)25/h1-16H. The minimum Gasteiger partial charge on any atom is -0.247 e. The van der Waals surface area contributed by atoms with E-state index < -0.39 is 0 Å². The Balaban J connectivity index is 1.94. The van der Waals surface area contributed by atoms with Crippen molar-refractivity contribution in [2.75, 3.05) is 0 Å². The minimum atomic E-state index is 0.752. The van der Waals surface area contributed by atoms with Gasteiger partial charge in [0.25, 0.3) is 0 Å². The molecule has 0 atom stereocenters. The van der Waals surface area contributed by atoms with Crippen LogP contribution in [0.15, 0.2) is 97.1 Å². The van der Waals surface area contributed by atoms with E-state index in [0.29, 0.717) is 0 Å². The van der Waals surface area contributed by atoms with Gasteiger partial charge in [-0.25, -0.2) is 4.98 Å². The number of fused-ring (bicyclic) bond motifs is 6. The minimum absolute atomic E-state index is 0.752. The van der Waals surface area contributed by atoms with Crippen LogP contribution < -0.4 is 0 Å². The number of benzene rings is 5. The summed E-state index contributed by atoms with van der Waals surface area (Å²) in [7, 11) is 0. The lowest BCUT2D eigenvalue weighted by Crippen LogP contribution is -1.92. The number of aromatic nitrogens is 1. The van der Waals surface area contributed by atoms with Gasteiger partial charge in [-0.15, -0.1) is 0 Å². The first kappa shape index (κ1) is 16.5. The first-order valence-corrected chi connectivity index (χ1v) is 10.1. The molecule has 1 heterocycles. The number of hydrogen-bond acceptors (Lipinski definition) is 1. The van der Waals surface area contributed by atoms with Crippen LogP contribution in [0.5, 0.6) is 0 Å². The van der Waals surface area contributed by atoms with E-state index in [2.05, 4.69) is 78.9 Å². The highest BCUT2D eigenvalue weighted by molar-refractivity contribution is 6.35. The van der Waals surface area contributed by atoms with Crippen molar-refractivity contribution < 1.29 is 0 Å². The molecule has 6 rings (SSSR count). The third-order valence-corrected chi connectivity index (χ3v) is 6.03. The molecular formula is C27H16ClN. The lowest BCUT2D eigenvalue weighted by molar-refractivity contribution is 1.52. The topological polar surface area (TPSA) is 12.9 Å². The summed E-state index contributed by atoms with van der Waals surface area (Å²) in [5, 5.41) is 7.78. The van der Waals surface area contributed by atoms with Gasteiger partial charge in [-0.05, 0) is 28.3 Å². The molecule has 1 nitrogen and oxygen atoms in total. The van der Waals surface area contributed by atoms with Crippen molar-refractivity contribution in [1.82, 2.24) is 4.98 Å². The van der Waals surface area contributed by atoms with E-state index in [1.807, 2.05) is 18.2 Å². The fourth-order valence-corrected chi connectivity index (χ4v) is 4.62. The molecule has 0 aliphatic carbocycles. The molecule has 0 spiro atoms. The summed E-state index contributed by atoms with van der Waals surface area (Å²) in [6, 6.07) is 33.6. The second-order valence-corrected chi connectivity index (χ2v) is 7.74. The summed E-state index contributed by atoms with van der Waals surface area (Å²) in [5.41, 5.74) is 4.19. The second kappa shape index (κ2) is 6.30. The molecule has 0 N–H and O–H groups in total. The third-order valence-electron chi connectivity index (χ3n) is 5.70. The smallest absolute Gasteiger partial charge is 0.0794 e. The van der Waals surface area contributed by atoms with Crippen molar-refractivity contribution in [3.05, 3.63) is 102 Å². The normalized spacial score (nSPS) is 11.6. The fraction of sp³-hybridized carbons (Fsp3) is 0. The Labute approximate surface area is 173 Å². The Morgan fingerprint density at radius 2 is 1.21 bits per heavy atom. The van der Waals surface area contributed by atoms with Crippen LogP contribution in [-0.4, -0.2) is 4.98 Å². The average Bonchev–Trinajstić information content (AvgIpc) is 2.78. The molecule has 2 heteroatoms. The molecule has 1 aromatic heterocycles. The molecule has 0 saturated heterocycles. The molecule has 29 heavy (non-hydrogen) atoms. The number of halogens is 1. The van der Waals surface area contributed by atoms with Gasteiger partial charge in [0.2, 0.25) is 0 Å². The molecule has 5 aromatic carbocycles. The van der Waals surface area contributed by atoms with Crippen molar-refractivity contribution in [2.45, 2.75) is 0 Å². The molecule has 6 aromatic rings. The Kier molecular flexibility index (Phi) is 3.59. The van der Waals surface area contributed by atoms with Gasteiger partial charge in [-0.2, -0.15) is 0 Å². The summed E-state index contributed by atoms with van der Waals surface area (Å²) in [4.78, 5) is 5.13. The highest BCUT2D eigenvalue weighted by atomic mass is 35.5. The molecule has 0 saturated carbocycles. The molecule has 136 valence electrons. The quantitative estimate of drug-likeness (QED) is 0.205. The van der Waals surface area contributed by atoms with Crippen molar-refractivity contribution in [1.29, 1.82) is 0 Å². The van der Waals surface area contributed by atoms with E-state index in [9.17, 15) is 0 Å². The monoisotopic (exact) mass is 389 g/mol. The maximum atomic E-state index is 6.71. The molecule has 0 unspecified atom stereocenters. The Morgan fingerprint density at radius 1 is 0.552 bits per heavy atom. The first-order chi connectivity index (χ1) is 14.3. The van der Waals surface area contributed by atoms with Gasteiger partial charge in [0, 0.05) is 32.3 Å². The van der Waals surface area contributed by atoms with Crippen molar-refractivity contribution in [2.24, 2.45) is 0 Å². The highest BCUT2D eigenvalue weighted by Crippen LogP contribution is 2.42. The average molecular weight is 390 g/mol. The summed E-state index contributed by atoms with van der Waals surface area (Å²) in [5.74, 6) is 0. The number of hydrogen-bond donors (Lipinski definition) is 0. The van der Waals surface area contributed by atoms with Crippen LogP contribution in [0.2, 0.25) is 5.02 Å². The van der Waals surface area contributed by atoms with E-state index >= 15 is 0 Å². The molecule has 0 amide bonds. The van der Waals surface area contributed by atoms with Gasteiger partial charge < -0.3 is 0 Å². The zero-order valence-electron chi connectivity index (χ0n) is 15.6. The van der Waals surface area contributed by atoms with E-state index in [-0.39, 0.29) is 0 Å². The molecule has 0 bridgehead atoms.